The van der Waals surface area contributed by atoms with Crippen LogP contribution in [0.4, 0.5) is 0 Å². The molecule has 1 aliphatic rings. The lowest BCUT2D eigenvalue weighted by Gasteiger charge is -2.32. The Balaban J connectivity index is 1.91. The first-order valence-electron chi connectivity index (χ1n) is 7.26. The first kappa shape index (κ1) is 14.1. The molecule has 1 N–H and O–H groups in total. The van der Waals surface area contributed by atoms with E-state index in [1.165, 1.54) is 0 Å². The molecule has 2 heterocycles. The second-order valence-corrected chi connectivity index (χ2v) is 5.35. The molecule has 1 fully saturated rings. The lowest BCUT2D eigenvalue weighted by atomic mass is 10.1. The molecular formula is C16H19NO4. The number of carboxylic acid groups (broad SMARTS) is 1. The minimum atomic E-state index is -1.01. The average molecular weight is 289 g/mol. The van der Waals surface area contributed by atoms with E-state index in [1.54, 1.807) is 6.07 Å². The Labute approximate surface area is 123 Å². The van der Waals surface area contributed by atoms with Crippen molar-refractivity contribution in [3.05, 3.63) is 35.6 Å². The number of furan rings is 1. The largest absolute Gasteiger partial charge is 0.475 e. The second-order valence-electron chi connectivity index (χ2n) is 5.35. The van der Waals surface area contributed by atoms with E-state index in [0.717, 1.165) is 30.5 Å². The third-order valence-corrected chi connectivity index (χ3v) is 3.95. The molecule has 0 bridgehead atoms. The normalized spacial score (nSPS) is 20.0. The number of morpholine rings is 1. The van der Waals surface area contributed by atoms with E-state index in [1.807, 2.05) is 18.2 Å². The van der Waals surface area contributed by atoms with Gasteiger partial charge in [-0.2, -0.15) is 0 Å². The van der Waals surface area contributed by atoms with Crippen molar-refractivity contribution in [2.75, 3.05) is 19.7 Å². The van der Waals surface area contributed by atoms with Gasteiger partial charge in [0.1, 0.15) is 5.58 Å². The third kappa shape index (κ3) is 2.80. The first-order chi connectivity index (χ1) is 10.2. The summed E-state index contributed by atoms with van der Waals surface area (Å²) in [6, 6.07) is 7.47. The topological polar surface area (TPSA) is 62.9 Å². The quantitative estimate of drug-likeness (QED) is 0.937. The van der Waals surface area contributed by atoms with Crippen molar-refractivity contribution in [2.45, 2.75) is 26.0 Å². The van der Waals surface area contributed by atoms with Gasteiger partial charge in [0.05, 0.1) is 12.7 Å². The fourth-order valence-corrected chi connectivity index (χ4v) is 2.82. The van der Waals surface area contributed by atoms with Crippen LogP contribution in [-0.2, 0) is 11.3 Å². The van der Waals surface area contributed by atoms with Gasteiger partial charge >= 0.3 is 5.97 Å². The van der Waals surface area contributed by atoms with Gasteiger partial charge in [-0.1, -0.05) is 25.1 Å². The van der Waals surface area contributed by atoms with E-state index in [9.17, 15) is 9.90 Å². The Kier molecular flexibility index (Phi) is 3.94. The summed E-state index contributed by atoms with van der Waals surface area (Å²) in [4.78, 5) is 13.7. The van der Waals surface area contributed by atoms with Crippen LogP contribution in [0.1, 0.15) is 29.5 Å². The van der Waals surface area contributed by atoms with Crippen LogP contribution in [-0.4, -0.2) is 41.8 Å². The fraction of sp³-hybridized carbons (Fsp3) is 0.438. The maximum absolute atomic E-state index is 11.4. The zero-order valence-electron chi connectivity index (χ0n) is 12.0. The molecule has 1 saturated heterocycles. The number of hydrogen-bond donors (Lipinski definition) is 1. The lowest BCUT2D eigenvalue weighted by Crippen LogP contribution is -2.41. The maximum Gasteiger partial charge on any atom is 0.372 e. The zero-order chi connectivity index (χ0) is 14.8. The van der Waals surface area contributed by atoms with E-state index in [0.29, 0.717) is 18.7 Å². The summed E-state index contributed by atoms with van der Waals surface area (Å²) in [7, 11) is 0. The van der Waals surface area contributed by atoms with Crippen molar-refractivity contribution < 1.29 is 19.1 Å². The van der Waals surface area contributed by atoms with E-state index in [2.05, 4.69) is 11.8 Å². The molecule has 5 heteroatoms. The van der Waals surface area contributed by atoms with Gasteiger partial charge in [-0.25, -0.2) is 4.79 Å². The molecule has 1 aromatic carbocycles. The van der Waals surface area contributed by atoms with Crippen LogP contribution in [0.5, 0.6) is 0 Å². The van der Waals surface area contributed by atoms with Crippen LogP contribution in [0.2, 0.25) is 0 Å². The molecule has 1 aliphatic heterocycles. The van der Waals surface area contributed by atoms with Gasteiger partial charge in [0.15, 0.2) is 0 Å². The van der Waals surface area contributed by atoms with Crippen LogP contribution >= 0.6 is 0 Å². The van der Waals surface area contributed by atoms with Crippen molar-refractivity contribution in [1.29, 1.82) is 0 Å². The Bertz CT molecular complexity index is 649. The van der Waals surface area contributed by atoms with Gasteiger partial charge < -0.3 is 14.3 Å². The molecule has 1 aromatic heterocycles. The van der Waals surface area contributed by atoms with Crippen molar-refractivity contribution in [1.82, 2.24) is 4.90 Å². The number of rotatable bonds is 4. The average Bonchev–Trinajstić information content (AvgIpc) is 2.87. The summed E-state index contributed by atoms with van der Waals surface area (Å²) in [6.07, 6.45) is 1.19. The molecule has 0 aliphatic carbocycles. The molecule has 21 heavy (non-hydrogen) atoms. The highest BCUT2D eigenvalue weighted by molar-refractivity contribution is 5.95. The fourth-order valence-electron chi connectivity index (χ4n) is 2.82. The Morgan fingerprint density at radius 1 is 1.43 bits per heavy atom. The highest BCUT2D eigenvalue weighted by atomic mass is 16.5. The Hall–Kier alpha value is -1.85. The summed E-state index contributed by atoms with van der Waals surface area (Å²) in [5.74, 6) is -0.961. The number of carboxylic acids is 1. The number of hydrogen-bond acceptors (Lipinski definition) is 4. The molecule has 5 nitrogen and oxygen atoms in total. The zero-order valence-corrected chi connectivity index (χ0v) is 12.0. The van der Waals surface area contributed by atoms with Crippen LogP contribution in [0.3, 0.4) is 0 Å². The summed E-state index contributed by atoms with van der Waals surface area (Å²) >= 11 is 0. The predicted molar refractivity (Wildman–Crippen MR) is 78.5 cm³/mol. The van der Waals surface area contributed by atoms with Gasteiger partial charge in [-0.05, 0) is 12.5 Å². The van der Waals surface area contributed by atoms with Gasteiger partial charge in [0.2, 0.25) is 5.76 Å². The SMILES string of the molecule is CCC1CN(Cc2c(C(=O)O)oc3ccccc23)CCO1. The second kappa shape index (κ2) is 5.87. The van der Waals surface area contributed by atoms with Crippen LogP contribution in [0, 0.1) is 0 Å². The summed E-state index contributed by atoms with van der Waals surface area (Å²) in [5.41, 5.74) is 1.39. The summed E-state index contributed by atoms with van der Waals surface area (Å²) in [5, 5.41) is 10.2. The van der Waals surface area contributed by atoms with E-state index in [4.69, 9.17) is 9.15 Å². The monoisotopic (exact) mass is 289 g/mol. The molecule has 112 valence electrons. The molecular weight excluding hydrogens is 270 g/mol. The number of fused-ring (bicyclic) bond motifs is 1. The summed E-state index contributed by atoms with van der Waals surface area (Å²) in [6.45, 7) is 5.02. The smallest absolute Gasteiger partial charge is 0.372 e. The van der Waals surface area contributed by atoms with Crippen LogP contribution in [0.25, 0.3) is 11.0 Å². The molecule has 0 spiro atoms. The molecule has 2 aromatic rings. The molecule has 0 amide bonds. The number of nitrogens with zero attached hydrogens (tertiary/aromatic N) is 1. The first-order valence-corrected chi connectivity index (χ1v) is 7.26. The number of ether oxygens (including phenoxy) is 1. The number of carbonyl (C=O) groups is 1. The van der Waals surface area contributed by atoms with Crippen LogP contribution in [0.15, 0.2) is 28.7 Å². The molecule has 1 unspecified atom stereocenters. The molecule has 0 saturated carbocycles. The van der Waals surface area contributed by atoms with Crippen LogP contribution < -0.4 is 0 Å². The van der Waals surface area contributed by atoms with Gasteiger partial charge in [-0.15, -0.1) is 0 Å². The standard InChI is InChI=1S/C16H19NO4/c1-2-11-9-17(7-8-20-11)10-13-12-5-3-4-6-14(12)21-15(13)16(18)19/h3-6,11H,2,7-10H2,1H3,(H,18,19). The van der Waals surface area contributed by atoms with Crippen molar-refractivity contribution >= 4 is 16.9 Å². The molecule has 0 radical (unpaired) electrons. The Morgan fingerprint density at radius 3 is 3.00 bits per heavy atom. The lowest BCUT2D eigenvalue weighted by molar-refractivity contribution is -0.0325. The number of para-hydroxylation sites is 1. The highest BCUT2D eigenvalue weighted by Crippen LogP contribution is 2.27. The minimum Gasteiger partial charge on any atom is -0.475 e. The van der Waals surface area contributed by atoms with E-state index >= 15 is 0 Å². The van der Waals surface area contributed by atoms with Gasteiger partial charge in [0.25, 0.3) is 0 Å². The third-order valence-electron chi connectivity index (χ3n) is 3.95. The highest BCUT2D eigenvalue weighted by Gasteiger charge is 2.25. The summed E-state index contributed by atoms with van der Waals surface area (Å²) < 4.78 is 11.2. The van der Waals surface area contributed by atoms with Crippen molar-refractivity contribution in [2.24, 2.45) is 0 Å². The number of benzene rings is 1. The molecule has 3 rings (SSSR count). The van der Waals surface area contributed by atoms with Crippen molar-refractivity contribution in [3.63, 3.8) is 0 Å². The minimum absolute atomic E-state index is 0.0516. The Morgan fingerprint density at radius 2 is 2.24 bits per heavy atom. The van der Waals surface area contributed by atoms with Crippen molar-refractivity contribution in [3.8, 4) is 0 Å². The van der Waals surface area contributed by atoms with E-state index < -0.39 is 5.97 Å². The van der Waals surface area contributed by atoms with Gasteiger partial charge in [0, 0.05) is 30.6 Å². The maximum atomic E-state index is 11.4. The predicted octanol–water partition coefficient (Wildman–Crippen LogP) is 2.74. The van der Waals surface area contributed by atoms with E-state index in [-0.39, 0.29) is 11.9 Å². The number of aromatic carboxylic acids is 1. The van der Waals surface area contributed by atoms with Gasteiger partial charge in [-0.3, -0.25) is 4.90 Å². The molecule has 1 atom stereocenters.